The summed E-state index contributed by atoms with van der Waals surface area (Å²) in [6.07, 6.45) is 8.70. The van der Waals surface area contributed by atoms with E-state index in [0.717, 1.165) is 24.1 Å². The molecule has 3 heteroatoms. The maximum Gasteiger partial charge on any atom is 0.224 e. The van der Waals surface area contributed by atoms with Gasteiger partial charge in [-0.05, 0) is 31.4 Å². The van der Waals surface area contributed by atoms with Crippen molar-refractivity contribution in [3.8, 4) is 0 Å². The van der Waals surface area contributed by atoms with Crippen LogP contribution in [0.1, 0.15) is 45.4 Å². The Morgan fingerprint density at radius 2 is 2.19 bits per heavy atom. The number of nitrogens with zero attached hydrogens (tertiary/aromatic N) is 1. The molecule has 1 heterocycles. The molecule has 0 aromatic rings. The first-order chi connectivity index (χ1) is 7.74. The lowest BCUT2D eigenvalue weighted by atomic mass is 9.95. The van der Waals surface area contributed by atoms with E-state index >= 15 is 0 Å². The van der Waals surface area contributed by atoms with E-state index in [1.54, 1.807) is 0 Å². The van der Waals surface area contributed by atoms with Crippen molar-refractivity contribution >= 4 is 11.6 Å². The highest BCUT2D eigenvalue weighted by atomic mass is 16.1. The van der Waals surface area contributed by atoms with Crippen molar-refractivity contribution in [1.29, 1.82) is 0 Å². The second-order valence-electron chi connectivity index (χ2n) is 4.84. The molecule has 1 aliphatic carbocycles. The molecule has 0 radical (unpaired) electrons. The molecule has 0 aromatic heterocycles. The van der Waals surface area contributed by atoms with Gasteiger partial charge >= 0.3 is 0 Å². The molecule has 1 N–H and O–H groups in total. The van der Waals surface area contributed by atoms with Crippen molar-refractivity contribution in [2.45, 2.75) is 51.5 Å². The van der Waals surface area contributed by atoms with E-state index in [4.69, 9.17) is 0 Å². The molecule has 0 aromatic carbocycles. The number of carbonyl (C=O) groups excluding carboxylic acids is 1. The second kappa shape index (κ2) is 5.28. The Kier molecular flexibility index (Phi) is 3.75. The minimum atomic E-state index is 0.169. The van der Waals surface area contributed by atoms with Gasteiger partial charge in [-0.3, -0.25) is 9.79 Å². The lowest BCUT2D eigenvalue weighted by molar-refractivity contribution is -0.121. The zero-order chi connectivity index (χ0) is 11.4. The highest BCUT2D eigenvalue weighted by Crippen LogP contribution is 2.18. The molecule has 0 unspecified atom stereocenters. The SMILES string of the molecule is CC1=NCC(CC(=O)NC2CCCCC2)=C1. The average molecular weight is 220 g/mol. The minimum Gasteiger partial charge on any atom is -0.353 e. The highest BCUT2D eigenvalue weighted by Gasteiger charge is 2.17. The fourth-order valence-electron chi connectivity index (χ4n) is 2.45. The van der Waals surface area contributed by atoms with Crippen molar-refractivity contribution in [3.63, 3.8) is 0 Å². The summed E-state index contributed by atoms with van der Waals surface area (Å²) in [7, 11) is 0. The number of allylic oxidation sites excluding steroid dienone is 1. The monoisotopic (exact) mass is 220 g/mol. The predicted octanol–water partition coefficient (Wildman–Crippen LogP) is 2.23. The molecule has 1 aliphatic heterocycles. The highest BCUT2D eigenvalue weighted by molar-refractivity contribution is 5.96. The molecular weight excluding hydrogens is 200 g/mol. The Labute approximate surface area is 97.0 Å². The third kappa shape index (κ3) is 3.19. The summed E-state index contributed by atoms with van der Waals surface area (Å²) in [5.74, 6) is 0.169. The van der Waals surface area contributed by atoms with E-state index in [1.165, 1.54) is 19.3 Å². The van der Waals surface area contributed by atoms with Crippen LogP contribution in [0, 0.1) is 0 Å². The normalized spacial score (nSPS) is 21.6. The molecule has 88 valence electrons. The zero-order valence-electron chi connectivity index (χ0n) is 9.96. The van der Waals surface area contributed by atoms with Crippen molar-refractivity contribution in [3.05, 3.63) is 11.6 Å². The Balaban J connectivity index is 1.74. The fourth-order valence-corrected chi connectivity index (χ4v) is 2.45. The van der Waals surface area contributed by atoms with Gasteiger partial charge in [-0.1, -0.05) is 19.3 Å². The summed E-state index contributed by atoms with van der Waals surface area (Å²) in [5, 5.41) is 3.13. The van der Waals surface area contributed by atoms with Gasteiger partial charge in [0.15, 0.2) is 0 Å². The fraction of sp³-hybridized carbons (Fsp3) is 0.692. The van der Waals surface area contributed by atoms with Gasteiger partial charge in [0.1, 0.15) is 0 Å². The summed E-state index contributed by atoms with van der Waals surface area (Å²) in [6.45, 7) is 2.69. The number of hydrogen-bond donors (Lipinski definition) is 1. The third-order valence-corrected chi connectivity index (χ3v) is 3.30. The van der Waals surface area contributed by atoms with Crippen LogP contribution in [0.5, 0.6) is 0 Å². The number of hydrogen-bond acceptors (Lipinski definition) is 2. The molecule has 0 spiro atoms. The number of carbonyl (C=O) groups is 1. The standard InChI is InChI=1S/C13H20N2O/c1-10-7-11(9-14-10)8-13(16)15-12-5-3-2-4-6-12/h7,12H,2-6,8-9H2,1H3,(H,15,16). The quantitative estimate of drug-likeness (QED) is 0.778. The van der Waals surface area contributed by atoms with Crippen LogP contribution >= 0.6 is 0 Å². The summed E-state index contributed by atoms with van der Waals surface area (Å²) in [6, 6.07) is 0.422. The molecule has 0 saturated heterocycles. The van der Waals surface area contributed by atoms with E-state index in [1.807, 2.05) is 13.0 Å². The summed E-state index contributed by atoms with van der Waals surface area (Å²) < 4.78 is 0. The number of amides is 1. The van der Waals surface area contributed by atoms with Crippen molar-refractivity contribution in [1.82, 2.24) is 5.32 Å². The topological polar surface area (TPSA) is 41.5 Å². The van der Waals surface area contributed by atoms with Gasteiger partial charge < -0.3 is 5.32 Å². The lowest BCUT2D eigenvalue weighted by Crippen LogP contribution is -2.36. The van der Waals surface area contributed by atoms with Crippen molar-refractivity contribution < 1.29 is 4.79 Å². The van der Waals surface area contributed by atoms with Gasteiger partial charge in [0, 0.05) is 18.2 Å². The molecule has 2 aliphatic rings. The Morgan fingerprint density at radius 1 is 1.44 bits per heavy atom. The molecule has 0 atom stereocenters. The van der Waals surface area contributed by atoms with Crippen LogP contribution in [0.15, 0.2) is 16.6 Å². The third-order valence-electron chi connectivity index (χ3n) is 3.30. The van der Waals surface area contributed by atoms with Gasteiger partial charge in [0.05, 0.1) is 6.54 Å². The lowest BCUT2D eigenvalue weighted by Gasteiger charge is -2.22. The van der Waals surface area contributed by atoms with Crippen LogP contribution in [-0.4, -0.2) is 24.2 Å². The first kappa shape index (κ1) is 11.4. The first-order valence-corrected chi connectivity index (χ1v) is 6.24. The van der Waals surface area contributed by atoms with E-state index in [9.17, 15) is 4.79 Å². The van der Waals surface area contributed by atoms with Crippen LogP contribution < -0.4 is 5.32 Å². The molecule has 1 amide bonds. The summed E-state index contributed by atoms with van der Waals surface area (Å²) >= 11 is 0. The van der Waals surface area contributed by atoms with Crippen LogP contribution in [0.3, 0.4) is 0 Å². The van der Waals surface area contributed by atoms with Crippen molar-refractivity contribution in [2.24, 2.45) is 4.99 Å². The van der Waals surface area contributed by atoms with Gasteiger partial charge in [0.2, 0.25) is 5.91 Å². The zero-order valence-corrected chi connectivity index (χ0v) is 9.96. The molecule has 1 fully saturated rings. The second-order valence-corrected chi connectivity index (χ2v) is 4.84. The smallest absolute Gasteiger partial charge is 0.224 e. The Bertz CT molecular complexity index is 325. The Hall–Kier alpha value is -1.12. The molecular formula is C13H20N2O. The average Bonchev–Trinajstić information content (AvgIpc) is 2.65. The van der Waals surface area contributed by atoms with Crippen molar-refractivity contribution in [2.75, 3.05) is 6.54 Å². The van der Waals surface area contributed by atoms with Crippen LogP contribution in [-0.2, 0) is 4.79 Å². The van der Waals surface area contributed by atoms with E-state index in [2.05, 4.69) is 10.3 Å². The first-order valence-electron chi connectivity index (χ1n) is 6.24. The van der Waals surface area contributed by atoms with Gasteiger partial charge in [0.25, 0.3) is 0 Å². The van der Waals surface area contributed by atoms with Crippen LogP contribution in [0.2, 0.25) is 0 Å². The summed E-state index contributed by atoms with van der Waals surface area (Å²) in [4.78, 5) is 16.0. The summed E-state index contributed by atoms with van der Waals surface area (Å²) in [5.41, 5.74) is 2.19. The number of rotatable bonds is 3. The van der Waals surface area contributed by atoms with Gasteiger partial charge in [-0.2, -0.15) is 0 Å². The largest absolute Gasteiger partial charge is 0.353 e. The van der Waals surface area contributed by atoms with Gasteiger partial charge in [-0.25, -0.2) is 0 Å². The molecule has 0 bridgehead atoms. The van der Waals surface area contributed by atoms with E-state index in [-0.39, 0.29) is 5.91 Å². The number of aliphatic imine (C=N–C) groups is 1. The van der Waals surface area contributed by atoms with Gasteiger partial charge in [-0.15, -0.1) is 0 Å². The van der Waals surface area contributed by atoms with E-state index in [0.29, 0.717) is 19.0 Å². The maximum absolute atomic E-state index is 11.8. The number of nitrogens with one attached hydrogen (secondary N) is 1. The molecule has 16 heavy (non-hydrogen) atoms. The predicted molar refractivity (Wildman–Crippen MR) is 65.7 cm³/mol. The van der Waals surface area contributed by atoms with E-state index < -0.39 is 0 Å². The molecule has 2 rings (SSSR count). The molecule has 1 saturated carbocycles. The Morgan fingerprint density at radius 3 is 2.81 bits per heavy atom. The maximum atomic E-state index is 11.8. The van der Waals surface area contributed by atoms with Crippen LogP contribution in [0.4, 0.5) is 0 Å². The van der Waals surface area contributed by atoms with Crippen LogP contribution in [0.25, 0.3) is 0 Å². The molecule has 3 nitrogen and oxygen atoms in total. The minimum absolute atomic E-state index is 0.169.